The summed E-state index contributed by atoms with van der Waals surface area (Å²) in [7, 11) is -0.788. The zero-order chi connectivity index (χ0) is 22.7. The van der Waals surface area contributed by atoms with Gasteiger partial charge in [0.1, 0.15) is 5.69 Å². The fourth-order valence-electron chi connectivity index (χ4n) is 3.54. The van der Waals surface area contributed by atoms with Crippen molar-refractivity contribution in [3.8, 4) is 23.0 Å². The molecule has 0 unspecified atom stereocenters. The van der Waals surface area contributed by atoms with Gasteiger partial charge in [0, 0.05) is 26.6 Å². The minimum atomic E-state index is -2.70. The third-order valence-electron chi connectivity index (χ3n) is 5.47. The summed E-state index contributed by atoms with van der Waals surface area (Å²) in [5.74, 6) is 1.08. The molecular weight excluding hydrogens is 428 g/mol. The van der Waals surface area contributed by atoms with Crippen LogP contribution < -0.4 is 5.32 Å². The molecule has 0 saturated heterocycles. The minimum Gasteiger partial charge on any atom is -0.415 e. The van der Waals surface area contributed by atoms with Gasteiger partial charge in [0.25, 0.3) is 5.89 Å². The molecule has 0 fully saturated rings. The van der Waals surface area contributed by atoms with E-state index in [4.69, 9.17) is 9.40 Å². The van der Waals surface area contributed by atoms with Gasteiger partial charge in [0.05, 0.1) is 23.3 Å². The van der Waals surface area contributed by atoms with E-state index < -0.39 is 10.8 Å². The first-order chi connectivity index (χ1) is 15.4. The Morgan fingerprint density at radius 1 is 1.19 bits per heavy atom. The van der Waals surface area contributed by atoms with Crippen molar-refractivity contribution >= 4 is 16.3 Å². The van der Waals surface area contributed by atoms with E-state index in [1.54, 1.807) is 17.4 Å². The van der Waals surface area contributed by atoms with Crippen LogP contribution in [0.3, 0.4) is 0 Å². The average Bonchev–Trinajstić information content (AvgIpc) is 3.30. The Balaban J connectivity index is 0.00000306. The van der Waals surface area contributed by atoms with E-state index in [1.807, 2.05) is 44.3 Å². The maximum absolute atomic E-state index is 10.1. The van der Waals surface area contributed by atoms with Crippen LogP contribution in [0.2, 0.25) is 0 Å². The molecule has 3 heterocycles. The van der Waals surface area contributed by atoms with Gasteiger partial charge in [-0.2, -0.15) is 0 Å². The van der Waals surface area contributed by atoms with E-state index in [2.05, 4.69) is 20.5 Å². The first-order valence-electron chi connectivity index (χ1n) is 10.5. The quantitative estimate of drug-likeness (QED) is 0.477. The number of nitrogens with zero attached hydrogens (tertiary/aromatic N) is 5. The minimum absolute atomic E-state index is 0. The van der Waals surface area contributed by atoms with Gasteiger partial charge in [-0.05, 0) is 50.6 Å². The van der Waals surface area contributed by atoms with Crippen molar-refractivity contribution in [3.63, 3.8) is 0 Å². The Labute approximate surface area is 190 Å². The molecule has 1 aliphatic heterocycles. The van der Waals surface area contributed by atoms with Crippen molar-refractivity contribution in [1.29, 1.82) is 0 Å². The highest BCUT2D eigenvalue weighted by molar-refractivity contribution is 8.22. The van der Waals surface area contributed by atoms with Gasteiger partial charge in [-0.15, -0.1) is 21.0 Å². The molecule has 2 aromatic heterocycles. The van der Waals surface area contributed by atoms with Crippen molar-refractivity contribution in [2.24, 2.45) is 0 Å². The van der Waals surface area contributed by atoms with Gasteiger partial charge in [0.15, 0.2) is 0 Å². The Hall–Kier alpha value is -2.63. The van der Waals surface area contributed by atoms with Crippen molar-refractivity contribution in [2.45, 2.75) is 26.8 Å². The van der Waals surface area contributed by atoms with E-state index in [9.17, 15) is 9.11 Å². The monoisotopic (exact) mass is 458 g/mol. The first-order valence-corrected chi connectivity index (χ1v) is 12.2. The molecule has 9 nitrogen and oxygen atoms in total. The van der Waals surface area contributed by atoms with E-state index in [0.717, 1.165) is 23.4 Å². The maximum atomic E-state index is 10.1. The second-order valence-corrected chi connectivity index (χ2v) is 9.98. The summed E-state index contributed by atoms with van der Waals surface area (Å²) >= 11 is 0. The van der Waals surface area contributed by atoms with E-state index >= 15 is 0 Å². The topological polar surface area (TPSA) is 120 Å². The Morgan fingerprint density at radius 2 is 1.94 bits per heavy atom. The highest BCUT2D eigenvalue weighted by Crippen LogP contribution is 2.44. The number of nitrogens with one attached hydrogen (secondary N) is 1. The Kier molecular flexibility index (Phi) is 6.68. The van der Waals surface area contributed by atoms with Crippen molar-refractivity contribution in [3.05, 3.63) is 53.5 Å². The molecule has 0 bridgehead atoms. The van der Waals surface area contributed by atoms with Crippen LogP contribution in [0.15, 0.2) is 41.0 Å². The molecule has 4 rings (SSSR count). The van der Waals surface area contributed by atoms with Crippen LogP contribution >= 0.6 is 10.8 Å². The molecule has 0 radical (unpaired) electrons. The van der Waals surface area contributed by atoms with Crippen LogP contribution in [0.25, 0.3) is 28.6 Å². The Morgan fingerprint density at radius 3 is 2.59 bits per heavy atom. The van der Waals surface area contributed by atoms with Gasteiger partial charge in [-0.25, -0.2) is 9.29 Å². The number of hydrogen-bond acceptors (Lipinski definition) is 9. The lowest BCUT2D eigenvalue weighted by molar-refractivity contribution is 0.366. The average molecular weight is 459 g/mol. The summed E-state index contributed by atoms with van der Waals surface area (Å²) < 4.78 is 27.9. The van der Waals surface area contributed by atoms with Crippen LogP contribution in [-0.2, 0) is 6.54 Å². The molecule has 1 aliphatic rings. The number of aryl methyl sites for hydroxylation is 1. The fraction of sp³-hybridized carbons (Fsp3) is 0.364. The predicted octanol–water partition coefficient (Wildman–Crippen LogP) is 4.24. The normalized spacial score (nSPS) is 15.6. The van der Waals surface area contributed by atoms with Crippen LogP contribution in [0.4, 0.5) is 0 Å². The van der Waals surface area contributed by atoms with Crippen LogP contribution in [0.1, 0.15) is 31.7 Å². The lowest BCUT2D eigenvalue weighted by Crippen LogP contribution is -2.32. The molecule has 0 atom stereocenters. The van der Waals surface area contributed by atoms with Gasteiger partial charge < -0.3 is 9.73 Å². The summed E-state index contributed by atoms with van der Waals surface area (Å²) in [6.45, 7) is 5.45. The highest BCUT2D eigenvalue weighted by Gasteiger charge is 2.24. The zero-order valence-electron chi connectivity index (χ0n) is 18.4. The smallest absolute Gasteiger partial charge is 0.268 e. The summed E-state index contributed by atoms with van der Waals surface area (Å²) in [6.07, 6.45) is 4.36. The number of aromatic nitrogens is 4. The van der Waals surface area contributed by atoms with Crippen LogP contribution in [0.5, 0.6) is 0 Å². The molecule has 0 saturated carbocycles. The van der Waals surface area contributed by atoms with Gasteiger partial charge in [0.2, 0.25) is 5.89 Å². The standard InChI is InChI=1S/C22H28N6O3S.H2/c1-4-32(29,30)28-11-9-17(10-12-28)19-14-24-15(2)20(25-19)22-27-26-21(31-22)18-7-5-16(6-8-18)13-23-3;/h5-9,14,23,29-30H,4,10-13H2,1-3H3;1H. The molecule has 0 spiro atoms. The van der Waals surface area contributed by atoms with Crippen LogP contribution in [0, 0.1) is 6.92 Å². The molecule has 3 aromatic rings. The van der Waals surface area contributed by atoms with Crippen molar-refractivity contribution < 1.29 is 14.9 Å². The molecular formula is C22H30N6O3S. The van der Waals surface area contributed by atoms with Crippen molar-refractivity contribution in [2.75, 3.05) is 25.9 Å². The van der Waals surface area contributed by atoms with Gasteiger partial charge in [-0.3, -0.25) is 14.1 Å². The second kappa shape index (κ2) is 9.47. The first kappa shape index (κ1) is 22.6. The molecule has 1 aromatic carbocycles. The molecule has 10 heteroatoms. The van der Waals surface area contributed by atoms with Crippen LogP contribution in [-0.4, -0.2) is 59.5 Å². The third-order valence-corrected chi connectivity index (χ3v) is 7.40. The van der Waals surface area contributed by atoms with Crippen molar-refractivity contribution in [1.82, 2.24) is 29.8 Å². The molecule has 0 amide bonds. The molecule has 0 aliphatic carbocycles. The molecule has 32 heavy (non-hydrogen) atoms. The van der Waals surface area contributed by atoms with Gasteiger partial charge in [-0.1, -0.05) is 18.2 Å². The van der Waals surface area contributed by atoms with E-state index in [0.29, 0.717) is 48.4 Å². The number of benzene rings is 1. The zero-order valence-corrected chi connectivity index (χ0v) is 19.3. The lowest BCUT2D eigenvalue weighted by atomic mass is 10.1. The predicted molar refractivity (Wildman–Crippen MR) is 128 cm³/mol. The fourth-order valence-corrected chi connectivity index (χ4v) is 4.60. The summed E-state index contributed by atoms with van der Waals surface area (Å²) in [4.78, 5) is 9.23. The van der Waals surface area contributed by atoms with E-state index in [1.165, 1.54) is 5.56 Å². The largest absolute Gasteiger partial charge is 0.415 e. The molecule has 3 N–H and O–H groups in total. The second-order valence-electron chi connectivity index (χ2n) is 7.62. The number of rotatable bonds is 7. The Bertz CT molecular complexity index is 1120. The number of hydrogen-bond donors (Lipinski definition) is 3. The summed E-state index contributed by atoms with van der Waals surface area (Å²) in [5.41, 5.74) is 5.01. The van der Waals surface area contributed by atoms with Gasteiger partial charge >= 0.3 is 0 Å². The molecule has 172 valence electrons. The maximum Gasteiger partial charge on any atom is 0.268 e. The third kappa shape index (κ3) is 4.74. The highest BCUT2D eigenvalue weighted by atomic mass is 32.3. The lowest BCUT2D eigenvalue weighted by Gasteiger charge is -2.43. The summed E-state index contributed by atoms with van der Waals surface area (Å²) in [6, 6.07) is 7.96. The van der Waals surface area contributed by atoms with E-state index in [-0.39, 0.29) is 1.43 Å². The summed E-state index contributed by atoms with van der Waals surface area (Å²) in [5, 5.41) is 11.5. The SMILES string of the molecule is CCS(O)(O)N1CC=C(c2cnc(C)c(-c3nnc(-c4ccc(CNC)cc4)o3)n2)CC1.[HH].